The lowest BCUT2D eigenvalue weighted by Crippen LogP contribution is -2.56. The molecule has 0 radical (unpaired) electrons. The number of benzene rings is 1. The molecule has 2 aliphatic rings. The summed E-state index contributed by atoms with van der Waals surface area (Å²) in [7, 11) is 6.17. The number of carboxylic acids is 1. The molecule has 2 heterocycles. The number of thioether (sulfide) groups is 1. The van der Waals surface area contributed by atoms with Gasteiger partial charge in [0.2, 0.25) is 41.4 Å². The van der Waals surface area contributed by atoms with Gasteiger partial charge in [-0.1, -0.05) is 91.1 Å². The van der Waals surface area contributed by atoms with E-state index < -0.39 is 66.0 Å². The van der Waals surface area contributed by atoms with E-state index in [1.54, 1.807) is 61.9 Å². The summed E-state index contributed by atoms with van der Waals surface area (Å²) in [5, 5.41) is 15.0. The van der Waals surface area contributed by atoms with Gasteiger partial charge < -0.3 is 39.9 Å². The fourth-order valence-corrected chi connectivity index (χ4v) is 10.7. The summed E-state index contributed by atoms with van der Waals surface area (Å²) < 4.78 is 11.8. The first-order valence-corrected chi connectivity index (χ1v) is 25.5. The zero-order valence-corrected chi connectivity index (χ0v) is 43.0. The van der Waals surface area contributed by atoms with Crippen LogP contribution in [0.4, 0.5) is 0 Å². The van der Waals surface area contributed by atoms with Gasteiger partial charge in [0.15, 0.2) is 0 Å². The molecule has 0 spiro atoms. The Hall–Kier alpha value is -4.55. The third-order valence-corrected chi connectivity index (χ3v) is 14.9. The summed E-state index contributed by atoms with van der Waals surface area (Å²) in [6.07, 6.45) is 4.67. The van der Waals surface area contributed by atoms with Crippen molar-refractivity contribution in [2.24, 2.45) is 17.8 Å². The summed E-state index contributed by atoms with van der Waals surface area (Å²) in [5.74, 6) is -3.59. The quantitative estimate of drug-likeness (QED) is 0.0717. The minimum Gasteiger partial charge on any atom is -0.480 e. The maximum atomic E-state index is 14.2. The Morgan fingerprint density at radius 2 is 1.59 bits per heavy atom. The first-order chi connectivity index (χ1) is 32.3. The lowest BCUT2D eigenvalue weighted by Gasteiger charge is -2.39. The number of methoxy groups -OCH3 is 2. The summed E-state index contributed by atoms with van der Waals surface area (Å²) >= 11 is 1.55. The number of likely N-dealkylation sites (tertiary alicyclic amines) is 2. The molecule has 1 aromatic rings. The number of ether oxygens (including phenoxy) is 2. The highest BCUT2D eigenvalue weighted by atomic mass is 32.2. The lowest BCUT2D eigenvalue weighted by molar-refractivity contribution is -0.147. The summed E-state index contributed by atoms with van der Waals surface area (Å²) in [4.78, 5) is 112. The van der Waals surface area contributed by atoms with Gasteiger partial charge in [0, 0.05) is 60.7 Å². The SMILES string of the molecule is CCCCSC1CC(=O)N(CCCCCC(=O)N(C)C(C(=O)NCC(=O)N(C)[C@@H]([C@@H](C)CC)[C@@H](CC(=O)N2CCC[C@H]2[C@H](OC)[C@@H](C)C(=O)N[C@@H](Cc2ccccc2)C(=O)O)OC)C(C)C)C1=O. The number of nitrogens with one attached hydrogen (secondary N) is 2. The normalized spacial score (nSPS) is 19.2. The van der Waals surface area contributed by atoms with Gasteiger partial charge in [-0.05, 0) is 55.3 Å². The number of amides is 7. The molecular formula is C50H80N6O11S. The Kier molecular flexibility index (Phi) is 24.5. The van der Waals surface area contributed by atoms with Gasteiger partial charge in [0.05, 0.1) is 48.4 Å². The van der Waals surface area contributed by atoms with Gasteiger partial charge in [-0.25, -0.2) is 4.79 Å². The largest absolute Gasteiger partial charge is 0.480 e. The molecule has 17 nitrogen and oxygen atoms in total. The van der Waals surface area contributed by atoms with Gasteiger partial charge in [-0.3, -0.25) is 38.5 Å². The topological polar surface area (TPSA) is 212 Å². The second kappa shape index (κ2) is 28.8. The van der Waals surface area contributed by atoms with Crippen LogP contribution in [0.5, 0.6) is 0 Å². The molecule has 68 heavy (non-hydrogen) atoms. The molecule has 382 valence electrons. The second-order valence-corrected chi connectivity index (χ2v) is 20.1. The van der Waals surface area contributed by atoms with Crippen molar-refractivity contribution >= 4 is 59.1 Å². The van der Waals surface area contributed by atoms with Crippen molar-refractivity contribution < 1.29 is 52.9 Å². The highest BCUT2D eigenvalue weighted by Crippen LogP contribution is 2.30. The number of carbonyl (C=O) groups excluding carboxylic acids is 7. The number of likely N-dealkylation sites (N-methyl/N-ethyl adjacent to an activating group) is 2. The van der Waals surface area contributed by atoms with Crippen molar-refractivity contribution in [3.63, 3.8) is 0 Å². The number of nitrogens with zero attached hydrogens (tertiary/aromatic N) is 4. The van der Waals surface area contributed by atoms with Gasteiger partial charge in [0.25, 0.3) is 0 Å². The standard InChI is InChI=1S/C50H80N6O11S/c1-11-13-27-68-39-30-42(59)56(49(39)63)25-19-15-18-24-40(57)53(7)44(32(3)4)48(62)51-31-43(60)54(8)45(33(5)12-2)38(66-9)29-41(58)55-26-20-23-37(55)46(67-10)34(6)47(61)52-36(50(64)65)28-35-21-16-14-17-22-35/h14,16-17,21-22,32-34,36-39,44-46H,11-13,15,18-20,23-31H2,1-10H3,(H,51,62)(H,52,61)(H,64,65)/t33-,34+,36-,37-,38+,39?,44?,45-,46+/m0/s1. The van der Waals surface area contributed by atoms with Crippen LogP contribution < -0.4 is 10.6 Å². The molecule has 18 heteroatoms. The third kappa shape index (κ3) is 16.3. The fraction of sp³-hybridized carbons (Fsp3) is 0.720. The average molecular weight is 973 g/mol. The van der Waals surface area contributed by atoms with E-state index in [9.17, 15) is 43.5 Å². The van der Waals surface area contributed by atoms with Crippen LogP contribution in [0.2, 0.25) is 0 Å². The van der Waals surface area contributed by atoms with Gasteiger partial charge >= 0.3 is 5.97 Å². The third-order valence-electron chi connectivity index (χ3n) is 13.6. The van der Waals surface area contributed by atoms with Crippen LogP contribution in [0.3, 0.4) is 0 Å². The summed E-state index contributed by atoms with van der Waals surface area (Å²) in [5.41, 5.74) is 0.764. The van der Waals surface area contributed by atoms with Crippen molar-refractivity contribution in [2.45, 2.75) is 160 Å². The molecule has 2 aliphatic heterocycles. The Labute approximate surface area is 408 Å². The van der Waals surface area contributed by atoms with Crippen LogP contribution in [0.15, 0.2) is 30.3 Å². The molecule has 9 atom stereocenters. The fourth-order valence-electron chi connectivity index (χ4n) is 9.44. The Balaban J connectivity index is 1.58. The molecule has 0 aliphatic carbocycles. The maximum absolute atomic E-state index is 14.2. The molecule has 0 aromatic heterocycles. The molecule has 0 bridgehead atoms. The number of imide groups is 1. The number of carboxylic acid groups (broad SMARTS) is 1. The van der Waals surface area contributed by atoms with E-state index in [-0.39, 0.29) is 72.9 Å². The van der Waals surface area contributed by atoms with Crippen molar-refractivity contribution in [3.05, 3.63) is 35.9 Å². The number of carbonyl (C=O) groups is 8. The predicted octanol–water partition coefficient (Wildman–Crippen LogP) is 4.54. The van der Waals surface area contributed by atoms with Crippen molar-refractivity contribution in [3.8, 4) is 0 Å². The first kappa shape index (κ1) is 57.8. The Morgan fingerprint density at radius 1 is 0.897 bits per heavy atom. The van der Waals surface area contributed by atoms with Gasteiger partial charge in [-0.15, -0.1) is 11.8 Å². The van der Waals surface area contributed by atoms with E-state index in [4.69, 9.17) is 9.47 Å². The summed E-state index contributed by atoms with van der Waals surface area (Å²) in [6, 6.07) is 6.01. The zero-order valence-electron chi connectivity index (χ0n) is 42.2. The Bertz CT molecular complexity index is 1840. The molecular weight excluding hydrogens is 893 g/mol. The van der Waals surface area contributed by atoms with E-state index >= 15 is 0 Å². The average Bonchev–Trinajstić information content (AvgIpc) is 3.90. The van der Waals surface area contributed by atoms with E-state index in [1.165, 1.54) is 28.9 Å². The molecule has 7 amide bonds. The van der Waals surface area contributed by atoms with Crippen molar-refractivity contribution in [1.82, 2.24) is 30.2 Å². The second-order valence-electron chi connectivity index (χ2n) is 18.8. The monoisotopic (exact) mass is 973 g/mol. The molecule has 2 saturated heterocycles. The van der Waals surface area contributed by atoms with Crippen LogP contribution >= 0.6 is 11.8 Å². The van der Waals surface area contributed by atoms with Crippen LogP contribution in [0.1, 0.15) is 118 Å². The van der Waals surface area contributed by atoms with E-state index in [1.807, 2.05) is 33.8 Å². The zero-order chi connectivity index (χ0) is 50.7. The minimum atomic E-state index is -1.16. The van der Waals surface area contributed by atoms with Crippen LogP contribution in [-0.2, 0) is 54.3 Å². The number of rotatable bonds is 30. The van der Waals surface area contributed by atoms with Crippen LogP contribution in [-0.4, -0.2) is 167 Å². The van der Waals surface area contributed by atoms with Gasteiger partial charge in [-0.2, -0.15) is 0 Å². The van der Waals surface area contributed by atoms with Crippen LogP contribution in [0, 0.1) is 17.8 Å². The molecule has 2 fully saturated rings. The highest BCUT2D eigenvalue weighted by Gasteiger charge is 2.43. The van der Waals surface area contributed by atoms with E-state index in [2.05, 4.69) is 17.6 Å². The maximum Gasteiger partial charge on any atom is 0.326 e. The number of hydrogen-bond acceptors (Lipinski definition) is 11. The number of aliphatic carboxylic acids is 1. The molecule has 3 rings (SSSR count). The predicted molar refractivity (Wildman–Crippen MR) is 261 cm³/mol. The minimum absolute atomic E-state index is 0.0727. The van der Waals surface area contributed by atoms with Crippen molar-refractivity contribution in [1.29, 1.82) is 0 Å². The summed E-state index contributed by atoms with van der Waals surface area (Å²) in [6.45, 7) is 11.8. The Morgan fingerprint density at radius 3 is 2.19 bits per heavy atom. The van der Waals surface area contributed by atoms with Gasteiger partial charge in [0.1, 0.15) is 12.1 Å². The highest BCUT2D eigenvalue weighted by molar-refractivity contribution is 8.00. The lowest BCUT2D eigenvalue weighted by atomic mass is 9.90. The molecule has 0 saturated carbocycles. The molecule has 3 N–H and O–H groups in total. The number of unbranched alkanes of at least 4 members (excludes halogenated alkanes) is 3. The molecule has 1 aromatic carbocycles. The van der Waals surface area contributed by atoms with Crippen molar-refractivity contribution in [2.75, 3.05) is 53.7 Å². The smallest absolute Gasteiger partial charge is 0.326 e. The van der Waals surface area contributed by atoms with E-state index in [0.717, 1.165) is 24.2 Å². The van der Waals surface area contributed by atoms with E-state index in [0.29, 0.717) is 51.6 Å². The first-order valence-electron chi connectivity index (χ1n) is 24.5. The van der Waals surface area contributed by atoms with Crippen LogP contribution in [0.25, 0.3) is 0 Å². The molecule has 2 unspecified atom stereocenters. The number of hydrogen-bond donors (Lipinski definition) is 3.